The van der Waals surface area contributed by atoms with Gasteiger partial charge in [0.2, 0.25) is 5.91 Å². The molecule has 0 radical (unpaired) electrons. The van der Waals surface area contributed by atoms with Crippen molar-refractivity contribution in [3.8, 4) is 0 Å². The number of nitrogens with zero attached hydrogens (tertiary/aromatic N) is 1. The third-order valence-corrected chi connectivity index (χ3v) is 3.75. The third kappa shape index (κ3) is 3.85. The molecule has 112 valence electrons. The summed E-state index contributed by atoms with van der Waals surface area (Å²) in [4.78, 5) is 14.0. The summed E-state index contributed by atoms with van der Waals surface area (Å²) in [6.45, 7) is 3.89. The van der Waals surface area contributed by atoms with Crippen molar-refractivity contribution in [1.29, 1.82) is 0 Å². The van der Waals surface area contributed by atoms with Crippen molar-refractivity contribution >= 4 is 29.9 Å². The Bertz CT molecular complexity index is 457. The van der Waals surface area contributed by atoms with Crippen LogP contribution in [-0.2, 0) is 9.53 Å². The van der Waals surface area contributed by atoms with Gasteiger partial charge in [0.15, 0.2) is 0 Å². The van der Waals surface area contributed by atoms with Crippen LogP contribution in [0.3, 0.4) is 0 Å². The van der Waals surface area contributed by atoms with Gasteiger partial charge >= 0.3 is 0 Å². The van der Waals surface area contributed by atoms with Gasteiger partial charge in [-0.3, -0.25) is 4.79 Å². The quantitative estimate of drug-likeness (QED) is 0.930. The van der Waals surface area contributed by atoms with Gasteiger partial charge in [-0.25, -0.2) is 0 Å². The smallest absolute Gasteiger partial charge is 0.226 e. The molecule has 1 aromatic carbocycles. The van der Waals surface area contributed by atoms with Crippen LogP contribution in [-0.4, -0.2) is 37.0 Å². The summed E-state index contributed by atoms with van der Waals surface area (Å²) < 4.78 is 5.73. The monoisotopic (exact) mass is 318 g/mol. The first kappa shape index (κ1) is 17.2. The van der Waals surface area contributed by atoms with Gasteiger partial charge < -0.3 is 15.4 Å². The number of carbonyl (C=O) groups is 1. The molecule has 0 bridgehead atoms. The van der Waals surface area contributed by atoms with Gasteiger partial charge in [-0.2, -0.15) is 0 Å². The molecule has 1 saturated heterocycles. The van der Waals surface area contributed by atoms with Crippen LogP contribution in [0.2, 0.25) is 5.02 Å². The van der Waals surface area contributed by atoms with E-state index < -0.39 is 0 Å². The molecule has 1 amide bonds. The van der Waals surface area contributed by atoms with Crippen molar-refractivity contribution < 1.29 is 9.53 Å². The maximum atomic E-state index is 12.1. The standard InChI is InChI=1S/C14H19ClN2O2.ClH/c1-10(8-16)14(18)17-6-7-19-13(9-17)11-4-2-3-5-12(11)15;/h2-5,10,13H,6-9,16H2,1H3;1H. The predicted octanol–water partition coefficient (Wildman–Crippen LogP) is 2.26. The first-order valence-corrected chi connectivity index (χ1v) is 6.86. The van der Waals surface area contributed by atoms with E-state index in [9.17, 15) is 4.79 Å². The summed E-state index contributed by atoms with van der Waals surface area (Å²) in [6, 6.07) is 7.58. The Morgan fingerprint density at radius 2 is 2.25 bits per heavy atom. The van der Waals surface area contributed by atoms with E-state index in [1.807, 2.05) is 36.1 Å². The molecule has 20 heavy (non-hydrogen) atoms. The van der Waals surface area contributed by atoms with Crippen LogP contribution < -0.4 is 5.73 Å². The summed E-state index contributed by atoms with van der Waals surface area (Å²) in [5, 5.41) is 0.675. The summed E-state index contributed by atoms with van der Waals surface area (Å²) >= 11 is 6.17. The molecule has 2 N–H and O–H groups in total. The minimum Gasteiger partial charge on any atom is -0.370 e. The van der Waals surface area contributed by atoms with Crippen LogP contribution in [0.1, 0.15) is 18.6 Å². The Balaban J connectivity index is 0.00000200. The van der Waals surface area contributed by atoms with Gasteiger partial charge in [0, 0.05) is 29.6 Å². The summed E-state index contributed by atoms with van der Waals surface area (Å²) in [6.07, 6.45) is -0.156. The fourth-order valence-electron chi connectivity index (χ4n) is 2.19. The Morgan fingerprint density at radius 3 is 2.90 bits per heavy atom. The molecule has 1 heterocycles. The molecule has 0 saturated carbocycles. The molecule has 1 aliphatic rings. The van der Waals surface area contributed by atoms with Gasteiger partial charge in [-0.05, 0) is 6.07 Å². The van der Waals surface area contributed by atoms with E-state index in [1.54, 1.807) is 0 Å². The molecule has 4 nitrogen and oxygen atoms in total. The van der Waals surface area contributed by atoms with Gasteiger partial charge in [-0.15, -0.1) is 12.4 Å². The molecular weight excluding hydrogens is 299 g/mol. The first-order chi connectivity index (χ1) is 9.13. The maximum absolute atomic E-state index is 12.1. The molecule has 0 spiro atoms. The second-order valence-electron chi connectivity index (χ2n) is 4.80. The molecule has 2 unspecified atom stereocenters. The van der Waals surface area contributed by atoms with Crippen molar-refractivity contribution in [2.45, 2.75) is 13.0 Å². The van der Waals surface area contributed by atoms with Gasteiger partial charge in [0.05, 0.1) is 13.2 Å². The van der Waals surface area contributed by atoms with Crippen LogP contribution in [0.25, 0.3) is 0 Å². The lowest BCUT2D eigenvalue weighted by molar-refractivity contribution is -0.142. The van der Waals surface area contributed by atoms with Crippen molar-refractivity contribution in [2.75, 3.05) is 26.2 Å². The zero-order valence-corrected chi connectivity index (χ0v) is 13.0. The van der Waals surface area contributed by atoms with Crippen LogP contribution in [0.15, 0.2) is 24.3 Å². The van der Waals surface area contributed by atoms with E-state index in [0.717, 1.165) is 5.56 Å². The fraction of sp³-hybridized carbons (Fsp3) is 0.500. The highest BCUT2D eigenvalue weighted by molar-refractivity contribution is 6.31. The number of halogens is 2. The van der Waals surface area contributed by atoms with Crippen LogP contribution in [0, 0.1) is 5.92 Å². The number of rotatable bonds is 3. The molecule has 1 fully saturated rings. The van der Waals surface area contributed by atoms with Crippen LogP contribution in [0.4, 0.5) is 0 Å². The summed E-state index contributed by atoms with van der Waals surface area (Å²) in [7, 11) is 0. The number of amides is 1. The lowest BCUT2D eigenvalue weighted by Gasteiger charge is -2.34. The van der Waals surface area contributed by atoms with Crippen molar-refractivity contribution in [2.24, 2.45) is 11.7 Å². The average Bonchev–Trinajstić information content (AvgIpc) is 2.46. The number of nitrogens with two attached hydrogens (primary N) is 1. The Labute approximate surface area is 130 Å². The highest BCUT2D eigenvalue weighted by Gasteiger charge is 2.28. The number of benzene rings is 1. The lowest BCUT2D eigenvalue weighted by Crippen LogP contribution is -2.45. The Kier molecular flexibility index (Phi) is 6.76. The normalized spacial score (nSPS) is 20.1. The second-order valence-corrected chi connectivity index (χ2v) is 5.21. The van der Waals surface area contributed by atoms with Crippen LogP contribution in [0.5, 0.6) is 0 Å². The SMILES string of the molecule is CC(CN)C(=O)N1CCOC(c2ccccc2Cl)C1.Cl. The molecule has 0 aromatic heterocycles. The zero-order valence-electron chi connectivity index (χ0n) is 11.4. The highest BCUT2D eigenvalue weighted by atomic mass is 35.5. The van der Waals surface area contributed by atoms with Crippen molar-refractivity contribution in [3.05, 3.63) is 34.9 Å². The third-order valence-electron chi connectivity index (χ3n) is 3.41. The van der Waals surface area contributed by atoms with Gasteiger partial charge in [0.1, 0.15) is 6.10 Å². The fourth-order valence-corrected chi connectivity index (χ4v) is 2.44. The zero-order chi connectivity index (χ0) is 13.8. The Morgan fingerprint density at radius 1 is 1.55 bits per heavy atom. The van der Waals surface area contributed by atoms with Crippen molar-refractivity contribution in [3.63, 3.8) is 0 Å². The molecule has 1 aromatic rings. The number of carbonyl (C=O) groups excluding carboxylic acids is 1. The number of hydrogen-bond acceptors (Lipinski definition) is 3. The minimum atomic E-state index is -0.156. The second kappa shape index (κ2) is 7.84. The average molecular weight is 319 g/mol. The van der Waals surface area contributed by atoms with Gasteiger partial charge in [-0.1, -0.05) is 36.7 Å². The van der Waals surface area contributed by atoms with E-state index >= 15 is 0 Å². The van der Waals surface area contributed by atoms with E-state index in [1.165, 1.54) is 0 Å². The van der Waals surface area contributed by atoms with E-state index in [4.69, 9.17) is 22.1 Å². The molecule has 6 heteroatoms. The molecule has 2 atom stereocenters. The number of morpholine rings is 1. The number of ether oxygens (including phenoxy) is 1. The van der Waals surface area contributed by atoms with Crippen LogP contribution >= 0.6 is 24.0 Å². The maximum Gasteiger partial charge on any atom is 0.226 e. The first-order valence-electron chi connectivity index (χ1n) is 6.48. The van der Waals surface area contributed by atoms with E-state index in [-0.39, 0.29) is 30.3 Å². The van der Waals surface area contributed by atoms with E-state index in [2.05, 4.69) is 0 Å². The Hall–Kier alpha value is -0.810. The summed E-state index contributed by atoms with van der Waals surface area (Å²) in [5.41, 5.74) is 6.48. The largest absolute Gasteiger partial charge is 0.370 e. The summed E-state index contributed by atoms with van der Waals surface area (Å²) in [5.74, 6) is -0.0622. The highest BCUT2D eigenvalue weighted by Crippen LogP contribution is 2.28. The lowest BCUT2D eigenvalue weighted by atomic mass is 10.1. The van der Waals surface area contributed by atoms with Gasteiger partial charge in [0.25, 0.3) is 0 Å². The minimum absolute atomic E-state index is 0. The molecule has 0 aliphatic carbocycles. The predicted molar refractivity (Wildman–Crippen MR) is 82.2 cm³/mol. The molecular formula is C14H20Cl2N2O2. The number of hydrogen-bond donors (Lipinski definition) is 1. The van der Waals surface area contributed by atoms with Crippen molar-refractivity contribution in [1.82, 2.24) is 4.90 Å². The molecule has 1 aliphatic heterocycles. The van der Waals surface area contributed by atoms with E-state index in [0.29, 0.717) is 31.3 Å². The topological polar surface area (TPSA) is 55.6 Å². The molecule has 2 rings (SSSR count).